The zero-order chi connectivity index (χ0) is 17.5. The summed E-state index contributed by atoms with van der Waals surface area (Å²) in [6.07, 6.45) is 0. The van der Waals surface area contributed by atoms with Gasteiger partial charge < -0.3 is 15.0 Å². The summed E-state index contributed by atoms with van der Waals surface area (Å²) >= 11 is 5.99. The molecule has 2 aromatic carbocycles. The number of ether oxygens (including phenoxy) is 1. The fourth-order valence-corrected chi connectivity index (χ4v) is 2.55. The summed E-state index contributed by atoms with van der Waals surface area (Å²) in [5, 5.41) is 3.13. The van der Waals surface area contributed by atoms with Crippen LogP contribution in [0.5, 0.6) is 0 Å². The third kappa shape index (κ3) is 4.69. The highest BCUT2D eigenvalue weighted by Crippen LogP contribution is 2.20. The van der Waals surface area contributed by atoms with Crippen LogP contribution in [0.15, 0.2) is 42.5 Å². The Balaban J connectivity index is 1.97. The number of nitrogens with zero attached hydrogens (tertiary/aromatic N) is 1. The predicted octanol–water partition coefficient (Wildman–Crippen LogP) is 3.97. The van der Waals surface area contributed by atoms with Gasteiger partial charge in [0.05, 0.1) is 13.2 Å². The minimum atomic E-state index is -0.424. The number of urea groups is 1. The first-order valence-electron chi connectivity index (χ1n) is 7.50. The standard InChI is InChI=1S/C18H20ClFN2O2/c1-22(11-15-16(19)8-5-9-17(15)20)18(23)21-10-13-6-3-4-7-14(13)12-24-2/h3-9H,10-12H2,1-2H3,(H,21,23). The summed E-state index contributed by atoms with van der Waals surface area (Å²) in [5.74, 6) is -0.424. The number of hydrogen-bond acceptors (Lipinski definition) is 2. The van der Waals surface area contributed by atoms with Gasteiger partial charge in [0.2, 0.25) is 0 Å². The summed E-state index contributed by atoms with van der Waals surface area (Å²) in [5.41, 5.74) is 2.29. The quantitative estimate of drug-likeness (QED) is 0.856. The first-order chi connectivity index (χ1) is 11.5. The minimum absolute atomic E-state index is 0.0943. The fraction of sp³-hybridized carbons (Fsp3) is 0.278. The number of carbonyl (C=O) groups excluding carboxylic acids is 1. The van der Waals surface area contributed by atoms with Crippen molar-refractivity contribution < 1.29 is 13.9 Å². The number of carbonyl (C=O) groups is 1. The van der Waals surface area contributed by atoms with Crippen molar-refractivity contribution in [1.29, 1.82) is 0 Å². The van der Waals surface area contributed by atoms with Crippen LogP contribution >= 0.6 is 11.6 Å². The largest absolute Gasteiger partial charge is 0.380 e. The van der Waals surface area contributed by atoms with E-state index in [0.29, 0.717) is 23.7 Å². The minimum Gasteiger partial charge on any atom is -0.380 e. The van der Waals surface area contributed by atoms with Gasteiger partial charge in [-0.2, -0.15) is 0 Å². The molecule has 6 heteroatoms. The van der Waals surface area contributed by atoms with Crippen molar-refractivity contribution in [3.8, 4) is 0 Å². The van der Waals surface area contributed by atoms with E-state index in [-0.39, 0.29) is 12.6 Å². The summed E-state index contributed by atoms with van der Waals surface area (Å²) in [7, 11) is 3.22. The van der Waals surface area contributed by atoms with Crippen LogP contribution < -0.4 is 5.32 Å². The maximum atomic E-state index is 13.8. The molecule has 0 saturated carbocycles. The van der Waals surface area contributed by atoms with Crippen LogP contribution in [-0.2, 0) is 24.4 Å². The molecule has 0 atom stereocenters. The van der Waals surface area contributed by atoms with E-state index in [0.717, 1.165) is 11.1 Å². The van der Waals surface area contributed by atoms with Crippen molar-refractivity contribution >= 4 is 17.6 Å². The highest BCUT2D eigenvalue weighted by atomic mass is 35.5. The molecular weight excluding hydrogens is 331 g/mol. The van der Waals surface area contributed by atoms with Gasteiger partial charge in [-0.25, -0.2) is 9.18 Å². The molecule has 0 saturated heterocycles. The van der Waals surface area contributed by atoms with Crippen LogP contribution in [0.2, 0.25) is 5.02 Å². The van der Waals surface area contributed by atoms with Gasteiger partial charge in [0, 0.05) is 31.3 Å². The van der Waals surface area contributed by atoms with Crippen molar-refractivity contribution in [2.45, 2.75) is 19.7 Å². The number of nitrogens with one attached hydrogen (secondary N) is 1. The number of benzene rings is 2. The second kappa shape index (κ2) is 8.66. The molecule has 0 bridgehead atoms. The molecule has 24 heavy (non-hydrogen) atoms. The first-order valence-corrected chi connectivity index (χ1v) is 7.88. The smallest absolute Gasteiger partial charge is 0.317 e. The van der Waals surface area contributed by atoms with Gasteiger partial charge in [-0.1, -0.05) is 41.9 Å². The number of hydrogen-bond donors (Lipinski definition) is 1. The van der Waals surface area contributed by atoms with E-state index >= 15 is 0 Å². The Labute approximate surface area is 146 Å². The Bertz CT molecular complexity index is 689. The molecule has 0 fully saturated rings. The first kappa shape index (κ1) is 18.2. The van der Waals surface area contributed by atoms with Crippen LogP contribution in [0.1, 0.15) is 16.7 Å². The molecule has 128 valence electrons. The fourth-order valence-electron chi connectivity index (χ4n) is 2.32. The molecular formula is C18H20ClFN2O2. The predicted molar refractivity (Wildman–Crippen MR) is 92.3 cm³/mol. The number of methoxy groups -OCH3 is 1. The molecule has 0 radical (unpaired) electrons. The molecule has 2 amide bonds. The lowest BCUT2D eigenvalue weighted by molar-refractivity contribution is 0.183. The summed E-state index contributed by atoms with van der Waals surface area (Å²) in [6.45, 7) is 0.942. The van der Waals surface area contributed by atoms with E-state index in [1.807, 2.05) is 24.3 Å². The zero-order valence-electron chi connectivity index (χ0n) is 13.7. The van der Waals surface area contributed by atoms with Gasteiger partial charge in [0.25, 0.3) is 0 Å². The second-order valence-electron chi connectivity index (χ2n) is 5.42. The average Bonchev–Trinajstić information content (AvgIpc) is 2.57. The third-order valence-electron chi connectivity index (χ3n) is 3.65. The molecule has 0 heterocycles. The highest BCUT2D eigenvalue weighted by Gasteiger charge is 2.14. The lowest BCUT2D eigenvalue weighted by atomic mass is 10.1. The topological polar surface area (TPSA) is 41.6 Å². The summed E-state index contributed by atoms with van der Waals surface area (Å²) < 4.78 is 19.0. The number of amides is 2. The Morgan fingerprint density at radius 3 is 2.58 bits per heavy atom. The van der Waals surface area contributed by atoms with Gasteiger partial charge in [-0.05, 0) is 23.3 Å². The maximum absolute atomic E-state index is 13.8. The van der Waals surface area contributed by atoms with Crippen LogP contribution in [0.3, 0.4) is 0 Å². The lowest BCUT2D eigenvalue weighted by Crippen LogP contribution is -2.36. The Kier molecular flexibility index (Phi) is 6.58. The van der Waals surface area contributed by atoms with Gasteiger partial charge >= 0.3 is 6.03 Å². The molecule has 2 rings (SSSR count). The summed E-state index contributed by atoms with van der Waals surface area (Å²) in [4.78, 5) is 13.6. The second-order valence-corrected chi connectivity index (χ2v) is 5.82. The molecule has 0 aliphatic rings. The van der Waals surface area contributed by atoms with Crippen LogP contribution in [0, 0.1) is 5.82 Å². The van der Waals surface area contributed by atoms with Crippen LogP contribution in [-0.4, -0.2) is 25.1 Å². The molecule has 2 aromatic rings. The van der Waals surface area contributed by atoms with Crippen molar-refractivity contribution in [2.24, 2.45) is 0 Å². The molecule has 4 nitrogen and oxygen atoms in total. The SMILES string of the molecule is COCc1ccccc1CNC(=O)N(C)Cc1c(F)cccc1Cl. The van der Waals surface area contributed by atoms with E-state index in [2.05, 4.69) is 5.32 Å². The Morgan fingerprint density at radius 2 is 1.92 bits per heavy atom. The van der Waals surface area contributed by atoms with Crippen LogP contribution in [0.25, 0.3) is 0 Å². The number of halogens is 2. The molecule has 0 spiro atoms. The van der Waals surface area contributed by atoms with Crippen molar-refractivity contribution in [3.05, 3.63) is 70.0 Å². The molecule has 0 aliphatic carbocycles. The number of rotatable bonds is 6. The average molecular weight is 351 g/mol. The van der Waals surface area contributed by atoms with Crippen molar-refractivity contribution in [3.63, 3.8) is 0 Å². The Morgan fingerprint density at radius 1 is 1.21 bits per heavy atom. The van der Waals surface area contributed by atoms with Gasteiger partial charge in [-0.15, -0.1) is 0 Å². The van der Waals surface area contributed by atoms with Crippen LogP contribution in [0.4, 0.5) is 9.18 Å². The van der Waals surface area contributed by atoms with Gasteiger partial charge in [0.1, 0.15) is 5.82 Å². The van der Waals surface area contributed by atoms with E-state index in [9.17, 15) is 9.18 Å². The third-order valence-corrected chi connectivity index (χ3v) is 4.01. The van der Waals surface area contributed by atoms with E-state index in [1.54, 1.807) is 20.2 Å². The highest BCUT2D eigenvalue weighted by molar-refractivity contribution is 6.31. The van der Waals surface area contributed by atoms with Crippen molar-refractivity contribution in [2.75, 3.05) is 14.2 Å². The molecule has 1 N–H and O–H groups in total. The Hall–Kier alpha value is -2.11. The molecule has 0 aliphatic heterocycles. The zero-order valence-corrected chi connectivity index (χ0v) is 14.4. The monoisotopic (exact) mass is 350 g/mol. The summed E-state index contributed by atoms with van der Waals surface area (Å²) in [6, 6.07) is 11.9. The molecule has 0 aromatic heterocycles. The van der Waals surface area contributed by atoms with Gasteiger partial charge in [0.15, 0.2) is 0 Å². The molecule has 0 unspecified atom stereocenters. The van der Waals surface area contributed by atoms with E-state index in [4.69, 9.17) is 16.3 Å². The van der Waals surface area contributed by atoms with E-state index in [1.165, 1.54) is 17.0 Å². The maximum Gasteiger partial charge on any atom is 0.317 e. The normalized spacial score (nSPS) is 10.5. The van der Waals surface area contributed by atoms with E-state index < -0.39 is 5.82 Å². The lowest BCUT2D eigenvalue weighted by Gasteiger charge is -2.19. The van der Waals surface area contributed by atoms with Gasteiger partial charge in [-0.3, -0.25) is 0 Å². The van der Waals surface area contributed by atoms with Crippen molar-refractivity contribution in [1.82, 2.24) is 10.2 Å².